The molecule has 3 nitrogen and oxygen atoms in total. The van der Waals surface area contributed by atoms with Crippen molar-refractivity contribution in [3.05, 3.63) is 30.5 Å². The lowest BCUT2D eigenvalue weighted by atomic mass is 10.2. The first-order valence-corrected chi connectivity index (χ1v) is 5.16. The molecule has 0 aliphatic carbocycles. The summed E-state index contributed by atoms with van der Waals surface area (Å²) in [7, 11) is 1.95. The lowest BCUT2D eigenvalue weighted by molar-refractivity contribution is 0.475. The van der Waals surface area contributed by atoms with Gasteiger partial charge >= 0.3 is 0 Å². The van der Waals surface area contributed by atoms with E-state index < -0.39 is 0 Å². The van der Waals surface area contributed by atoms with Gasteiger partial charge in [0.05, 0.1) is 5.52 Å². The van der Waals surface area contributed by atoms with Gasteiger partial charge in [-0.1, -0.05) is 0 Å². The average Bonchev–Trinajstić information content (AvgIpc) is 2.61. The Morgan fingerprint density at radius 3 is 2.93 bits per heavy atom. The number of nitrogens with zero attached hydrogens (tertiary/aromatic N) is 1. The monoisotopic (exact) mass is 204 g/mol. The van der Waals surface area contributed by atoms with Crippen molar-refractivity contribution in [2.45, 2.75) is 19.5 Å². The predicted octanol–water partition coefficient (Wildman–Crippen LogP) is 1.95. The Bertz CT molecular complexity index is 462. The molecule has 80 valence electrons. The second-order valence-corrected chi connectivity index (χ2v) is 3.90. The third-order valence-corrected chi connectivity index (χ3v) is 2.72. The number of aromatic nitrogens is 1. The van der Waals surface area contributed by atoms with E-state index in [4.69, 9.17) is 0 Å². The zero-order chi connectivity index (χ0) is 10.8. The minimum atomic E-state index is 0.319. The molecule has 0 saturated carbocycles. The molecular formula is C12H16N2O. The van der Waals surface area contributed by atoms with Gasteiger partial charge < -0.3 is 15.0 Å². The maximum atomic E-state index is 9.44. The third kappa shape index (κ3) is 1.97. The fraction of sp³-hybridized carbons (Fsp3) is 0.333. The molecule has 2 aromatic rings. The normalized spacial score (nSPS) is 13.2. The van der Waals surface area contributed by atoms with Gasteiger partial charge in [0, 0.05) is 24.8 Å². The standard InChI is InChI=1S/C12H16N2O/c1-9(13-2)8-14-6-5-10-3-4-11(15)7-12(10)14/h3-7,9,13,15H,8H2,1-2H3. The van der Waals surface area contributed by atoms with Crippen molar-refractivity contribution in [1.82, 2.24) is 9.88 Å². The van der Waals surface area contributed by atoms with Crippen molar-refractivity contribution in [2.24, 2.45) is 0 Å². The fourth-order valence-electron chi connectivity index (χ4n) is 1.72. The molecule has 1 unspecified atom stereocenters. The van der Waals surface area contributed by atoms with Crippen LogP contribution in [0, 0.1) is 0 Å². The molecule has 15 heavy (non-hydrogen) atoms. The second-order valence-electron chi connectivity index (χ2n) is 3.90. The molecule has 0 radical (unpaired) electrons. The Morgan fingerprint density at radius 2 is 2.20 bits per heavy atom. The summed E-state index contributed by atoms with van der Waals surface area (Å²) in [6, 6.07) is 7.94. The summed E-state index contributed by atoms with van der Waals surface area (Å²) in [4.78, 5) is 0. The fourth-order valence-corrected chi connectivity index (χ4v) is 1.72. The van der Waals surface area contributed by atoms with Gasteiger partial charge in [-0.25, -0.2) is 0 Å². The zero-order valence-electron chi connectivity index (χ0n) is 9.07. The first kappa shape index (κ1) is 10.1. The molecule has 1 atom stereocenters. The Kier molecular flexibility index (Phi) is 2.64. The van der Waals surface area contributed by atoms with E-state index in [1.165, 1.54) is 0 Å². The van der Waals surface area contributed by atoms with Gasteiger partial charge in [-0.2, -0.15) is 0 Å². The molecule has 2 rings (SSSR count). The highest BCUT2D eigenvalue weighted by Gasteiger charge is 2.04. The summed E-state index contributed by atoms with van der Waals surface area (Å²) in [5, 5.41) is 13.8. The Labute approximate surface area is 89.3 Å². The molecule has 0 fully saturated rings. The Balaban J connectivity index is 2.39. The first-order chi connectivity index (χ1) is 7.20. The maximum absolute atomic E-state index is 9.44. The van der Waals surface area contributed by atoms with Crippen molar-refractivity contribution in [2.75, 3.05) is 7.05 Å². The van der Waals surface area contributed by atoms with Crippen molar-refractivity contribution in [3.63, 3.8) is 0 Å². The van der Waals surface area contributed by atoms with Gasteiger partial charge in [0.2, 0.25) is 0 Å². The van der Waals surface area contributed by atoms with Crippen LogP contribution < -0.4 is 5.32 Å². The van der Waals surface area contributed by atoms with Crippen LogP contribution >= 0.6 is 0 Å². The summed E-state index contributed by atoms with van der Waals surface area (Å²) in [5.74, 6) is 0.319. The van der Waals surface area contributed by atoms with Gasteiger partial charge in [-0.15, -0.1) is 0 Å². The molecule has 0 saturated heterocycles. The SMILES string of the molecule is CNC(C)Cn1ccc2ccc(O)cc21. The van der Waals surface area contributed by atoms with Crippen LogP contribution in [0.15, 0.2) is 30.5 Å². The van der Waals surface area contributed by atoms with Crippen LogP contribution in [0.25, 0.3) is 10.9 Å². The Morgan fingerprint density at radius 1 is 1.40 bits per heavy atom. The minimum absolute atomic E-state index is 0.319. The number of benzene rings is 1. The van der Waals surface area contributed by atoms with E-state index >= 15 is 0 Å². The van der Waals surface area contributed by atoms with Crippen LogP contribution in [0.2, 0.25) is 0 Å². The molecule has 0 aliphatic heterocycles. The van der Waals surface area contributed by atoms with E-state index in [0.717, 1.165) is 17.4 Å². The summed E-state index contributed by atoms with van der Waals surface area (Å²) in [6.07, 6.45) is 2.05. The van der Waals surface area contributed by atoms with Gasteiger partial charge in [0.15, 0.2) is 0 Å². The number of fused-ring (bicyclic) bond motifs is 1. The number of hydrogen-bond donors (Lipinski definition) is 2. The topological polar surface area (TPSA) is 37.2 Å². The summed E-state index contributed by atoms with van der Waals surface area (Å²) in [6.45, 7) is 3.04. The predicted molar refractivity (Wildman–Crippen MR) is 62.1 cm³/mol. The van der Waals surface area contributed by atoms with Crippen molar-refractivity contribution in [1.29, 1.82) is 0 Å². The number of phenolic OH excluding ortho intramolecular Hbond substituents is 1. The number of phenols is 1. The smallest absolute Gasteiger partial charge is 0.117 e. The molecular weight excluding hydrogens is 188 g/mol. The van der Waals surface area contributed by atoms with Crippen LogP contribution in [-0.2, 0) is 6.54 Å². The largest absolute Gasteiger partial charge is 0.508 e. The molecule has 1 aromatic heterocycles. The summed E-state index contributed by atoms with van der Waals surface area (Å²) >= 11 is 0. The second kappa shape index (κ2) is 3.95. The van der Waals surface area contributed by atoms with E-state index in [9.17, 15) is 5.11 Å². The number of rotatable bonds is 3. The molecule has 0 amide bonds. The van der Waals surface area contributed by atoms with Gasteiger partial charge in [0.1, 0.15) is 5.75 Å². The molecule has 1 heterocycles. The highest BCUT2D eigenvalue weighted by molar-refractivity contribution is 5.81. The van der Waals surface area contributed by atoms with E-state index in [-0.39, 0.29) is 0 Å². The van der Waals surface area contributed by atoms with E-state index in [2.05, 4.69) is 29.1 Å². The lowest BCUT2D eigenvalue weighted by Crippen LogP contribution is -2.26. The number of aromatic hydroxyl groups is 1. The molecule has 0 bridgehead atoms. The van der Waals surface area contributed by atoms with Crippen LogP contribution in [0.1, 0.15) is 6.92 Å². The third-order valence-electron chi connectivity index (χ3n) is 2.72. The summed E-state index contributed by atoms with van der Waals surface area (Å²) in [5.41, 5.74) is 1.08. The maximum Gasteiger partial charge on any atom is 0.117 e. The number of likely N-dealkylation sites (N-methyl/N-ethyl adjacent to an activating group) is 1. The van der Waals surface area contributed by atoms with E-state index in [1.54, 1.807) is 12.1 Å². The van der Waals surface area contributed by atoms with Crippen molar-refractivity contribution >= 4 is 10.9 Å². The van der Waals surface area contributed by atoms with Gasteiger partial charge in [-0.05, 0) is 37.6 Å². The molecule has 0 aliphatic rings. The number of hydrogen-bond acceptors (Lipinski definition) is 2. The van der Waals surface area contributed by atoms with Crippen molar-refractivity contribution in [3.8, 4) is 5.75 Å². The quantitative estimate of drug-likeness (QED) is 0.802. The van der Waals surface area contributed by atoms with E-state index in [1.807, 2.05) is 13.1 Å². The Hall–Kier alpha value is -1.48. The average molecular weight is 204 g/mol. The van der Waals surface area contributed by atoms with E-state index in [0.29, 0.717) is 11.8 Å². The molecule has 0 spiro atoms. The van der Waals surface area contributed by atoms with Crippen LogP contribution in [-0.4, -0.2) is 22.8 Å². The zero-order valence-corrected chi connectivity index (χ0v) is 9.07. The van der Waals surface area contributed by atoms with Gasteiger partial charge in [-0.3, -0.25) is 0 Å². The minimum Gasteiger partial charge on any atom is -0.508 e. The van der Waals surface area contributed by atoms with Crippen LogP contribution in [0.5, 0.6) is 5.75 Å². The molecule has 2 N–H and O–H groups in total. The number of nitrogens with one attached hydrogen (secondary N) is 1. The van der Waals surface area contributed by atoms with Crippen LogP contribution in [0.4, 0.5) is 0 Å². The summed E-state index contributed by atoms with van der Waals surface area (Å²) < 4.78 is 2.15. The highest BCUT2D eigenvalue weighted by atomic mass is 16.3. The van der Waals surface area contributed by atoms with Crippen LogP contribution in [0.3, 0.4) is 0 Å². The first-order valence-electron chi connectivity index (χ1n) is 5.16. The molecule has 3 heteroatoms. The lowest BCUT2D eigenvalue weighted by Gasteiger charge is -2.12. The van der Waals surface area contributed by atoms with Gasteiger partial charge in [0.25, 0.3) is 0 Å². The highest BCUT2D eigenvalue weighted by Crippen LogP contribution is 2.21. The van der Waals surface area contributed by atoms with Crippen molar-refractivity contribution < 1.29 is 5.11 Å². The molecule has 1 aromatic carbocycles.